The molecular formula is C34H65N4O13P6-. The number of rotatable bonds is 7. The summed E-state index contributed by atoms with van der Waals surface area (Å²) >= 11 is 0. The third-order valence-electron chi connectivity index (χ3n) is 8.51. The first-order valence-electron chi connectivity index (χ1n) is 17.4. The molecule has 3 amide bonds. The number of carboxylic acid groups (broad SMARTS) is 1. The first-order chi connectivity index (χ1) is 25.8. The average molecular weight is 924 g/mol. The number of aliphatic hydroxyl groups excluding tert-OH is 2. The van der Waals surface area contributed by atoms with Crippen LogP contribution in [0.5, 0.6) is 0 Å². The molecule has 6 N–H and O–H groups in total. The van der Waals surface area contributed by atoms with Crippen molar-refractivity contribution in [2.45, 2.75) is 114 Å². The molecule has 2 aliphatic heterocycles. The lowest BCUT2D eigenvalue weighted by Gasteiger charge is -2.28. The number of hydrogen-bond donors (Lipinski definition) is 5. The second kappa shape index (κ2) is 25.2. The monoisotopic (exact) mass is 923 g/mol. The minimum absolute atomic E-state index is 0. The maximum Gasteiger partial charge on any atom is 0.411 e. The van der Waals surface area contributed by atoms with E-state index >= 15 is 0 Å². The lowest BCUT2D eigenvalue weighted by molar-refractivity contribution is -0.147. The van der Waals surface area contributed by atoms with E-state index in [0.717, 1.165) is 4.90 Å². The SMILES string of the molecule is C=C[C@@H]1C[C@]1(N)C(=O)OC.C=C[C@@H]1C[C@]1(NC(=O)[C@@H]1C[C@@H](O)CN1C(=O)OC(C)(C)C)C(=O)OC.CC(C)(C)OC(=O)N1C[C@H](O)C[C@H]1C(=O)O.P.PP.P[P-]P. The van der Waals surface area contributed by atoms with Crippen molar-refractivity contribution >= 4 is 89.6 Å². The number of aliphatic hydroxyl groups is 2. The van der Waals surface area contributed by atoms with Crippen LogP contribution in [0.15, 0.2) is 25.3 Å². The summed E-state index contributed by atoms with van der Waals surface area (Å²) in [5, 5.41) is 30.8. The van der Waals surface area contributed by atoms with E-state index in [4.69, 9.17) is 25.1 Å². The fraction of sp³-hybridized carbons (Fsp3) is 0.706. The molecule has 17 nitrogen and oxygen atoms in total. The third kappa shape index (κ3) is 17.9. The Kier molecular flexibility index (Phi) is 25.4. The molecule has 4 fully saturated rings. The van der Waals surface area contributed by atoms with Gasteiger partial charge >= 0.3 is 30.1 Å². The van der Waals surface area contributed by atoms with Gasteiger partial charge in [0.1, 0.15) is 34.4 Å². The number of ether oxygens (including phenoxy) is 4. The number of methoxy groups -OCH3 is 2. The highest BCUT2D eigenvalue weighted by Gasteiger charge is 2.62. The number of nitrogens with zero attached hydrogens (tertiary/aromatic N) is 2. The number of carbonyl (C=O) groups excluding carboxylic acids is 5. The van der Waals surface area contributed by atoms with Crippen LogP contribution < -0.4 is 11.1 Å². The van der Waals surface area contributed by atoms with Crippen LogP contribution >= 0.6 is 53.6 Å². The van der Waals surface area contributed by atoms with Gasteiger partial charge in [0, 0.05) is 24.7 Å². The van der Waals surface area contributed by atoms with Gasteiger partial charge in [0.15, 0.2) is 0 Å². The third-order valence-corrected chi connectivity index (χ3v) is 8.51. The fourth-order valence-corrected chi connectivity index (χ4v) is 5.67. The van der Waals surface area contributed by atoms with Crippen LogP contribution in [0.2, 0.25) is 0 Å². The average Bonchev–Trinajstić information content (AvgIpc) is 3.87. The van der Waals surface area contributed by atoms with Crippen molar-refractivity contribution in [2.75, 3.05) is 27.3 Å². The second-order valence-corrected chi connectivity index (χ2v) is 19.0. The number of amides is 3. The molecule has 0 radical (unpaired) electrons. The number of nitrogens with two attached hydrogens (primary N) is 1. The van der Waals surface area contributed by atoms with Crippen molar-refractivity contribution in [1.82, 2.24) is 15.1 Å². The van der Waals surface area contributed by atoms with Crippen LogP contribution in [0, 0.1) is 11.8 Å². The van der Waals surface area contributed by atoms with Gasteiger partial charge in [0.25, 0.3) is 0 Å². The van der Waals surface area contributed by atoms with Crippen molar-refractivity contribution in [3.8, 4) is 0 Å². The molecule has 0 aromatic carbocycles. The second-order valence-electron chi connectivity index (χ2n) is 15.1. The summed E-state index contributed by atoms with van der Waals surface area (Å²) in [5.74, 6) is -2.63. The van der Waals surface area contributed by atoms with Crippen LogP contribution in [0.3, 0.4) is 0 Å². The normalized spacial score (nSPS) is 27.8. The van der Waals surface area contributed by atoms with Crippen LogP contribution in [0.25, 0.3) is 0 Å². The molecule has 2 heterocycles. The largest absolute Gasteiger partial charge is 0.489 e. The Morgan fingerprint density at radius 1 is 0.789 bits per heavy atom. The summed E-state index contributed by atoms with van der Waals surface area (Å²) in [5.41, 5.74) is 2.33. The number of nitrogens with one attached hydrogen (secondary N) is 1. The number of likely N-dealkylation sites (tertiary alicyclic amines) is 2. The summed E-state index contributed by atoms with van der Waals surface area (Å²) in [6, 6.07) is -1.90. The van der Waals surface area contributed by atoms with Gasteiger partial charge in [-0.1, -0.05) is 12.2 Å². The highest BCUT2D eigenvalue weighted by molar-refractivity contribution is 8.33. The predicted molar refractivity (Wildman–Crippen MR) is 238 cm³/mol. The van der Waals surface area contributed by atoms with Crippen molar-refractivity contribution in [1.29, 1.82) is 0 Å². The van der Waals surface area contributed by atoms with Gasteiger partial charge in [-0.15, -0.1) is 31.0 Å². The van der Waals surface area contributed by atoms with Gasteiger partial charge in [-0.05, 0) is 54.4 Å². The Bertz CT molecular complexity index is 1400. The Labute approximate surface area is 350 Å². The highest BCUT2D eigenvalue weighted by Crippen LogP contribution is 2.45. The first-order valence-corrected chi connectivity index (χ1v) is 24.1. The zero-order valence-corrected chi connectivity index (χ0v) is 41.1. The van der Waals surface area contributed by atoms with Gasteiger partial charge < -0.3 is 53.3 Å². The number of hydrogen-bond acceptors (Lipinski definition) is 13. The first kappa shape index (κ1) is 57.5. The Morgan fingerprint density at radius 3 is 1.49 bits per heavy atom. The highest BCUT2D eigenvalue weighted by atomic mass is 32.4. The number of carbonyl (C=O) groups is 6. The zero-order valence-electron chi connectivity index (χ0n) is 34.1. The van der Waals surface area contributed by atoms with Crippen molar-refractivity contribution in [3.05, 3.63) is 25.3 Å². The molecule has 4 rings (SSSR count). The molecule has 0 aromatic rings. The molecule has 4 aliphatic rings. The summed E-state index contributed by atoms with van der Waals surface area (Å²) in [6.07, 6.45) is 1.49. The minimum Gasteiger partial charge on any atom is -0.489 e. The summed E-state index contributed by atoms with van der Waals surface area (Å²) < 4.78 is 19.6. The number of esters is 2. The van der Waals surface area contributed by atoms with E-state index in [1.165, 1.54) is 27.1 Å². The Morgan fingerprint density at radius 2 is 1.18 bits per heavy atom. The van der Waals surface area contributed by atoms with Crippen molar-refractivity contribution in [2.24, 2.45) is 17.6 Å². The van der Waals surface area contributed by atoms with Gasteiger partial charge in [-0.3, -0.25) is 37.2 Å². The zero-order chi connectivity index (χ0) is 44.0. The lowest BCUT2D eigenvalue weighted by Crippen LogP contribution is -2.53. The lowest BCUT2D eigenvalue weighted by atomic mass is 10.1. The van der Waals surface area contributed by atoms with E-state index < -0.39 is 76.6 Å². The fourth-order valence-electron chi connectivity index (χ4n) is 5.67. The maximum atomic E-state index is 12.7. The summed E-state index contributed by atoms with van der Waals surface area (Å²) in [7, 11) is 13.5. The maximum absolute atomic E-state index is 12.7. The molecule has 2 saturated carbocycles. The molecule has 0 bridgehead atoms. The van der Waals surface area contributed by atoms with E-state index in [2.05, 4.69) is 58.9 Å². The van der Waals surface area contributed by atoms with Gasteiger partial charge in [0.2, 0.25) is 5.91 Å². The standard InChI is InChI=1S/C17H26N2O6.C10H17NO5.C7H11NO2.H4P3.H4P2.H3P/c1-6-10-8-17(10,14(22)24-5)18-13(21)12-7-11(20)9-19(12)15(23)25-16(2,3)4;1-10(2,3)16-9(15)11-5-6(12)4-7(11)8(13)14;1-3-5-4-7(5,8)6(9)10-2;1-3-2;1-2;/h6,10-12,20H,1,7-9H2,2-5H3,(H,18,21);6-7,12H,4-5H2,1-3H3,(H,13,14);3,5H,1,4,8H2,2H3;1-2H2;1-2H2;1H3/q;;;-1;;/t10-,11-,12+,17-;6-,7+;5-,7-;;;/m111.../s1. The molecular weight excluding hydrogens is 858 g/mol. The van der Waals surface area contributed by atoms with Crippen LogP contribution in [-0.4, -0.2) is 135 Å². The van der Waals surface area contributed by atoms with E-state index in [1.807, 2.05) is 0 Å². The van der Waals surface area contributed by atoms with Crippen molar-refractivity contribution < 1.29 is 63.0 Å². The summed E-state index contributed by atoms with van der Waals surface area (Å²) in [6.45, 7) is 17.5. The molecule has 13 atom stereocenters. The molecule has 2 saturated heterocycles. The Hall–Kier alpha value is -1.64. The predicted octanol–water partition coefficient (Wildman–Crippen LogP) is 3.32. The van der Waals surface area contributed by atoms with Crippen LogP contribution in [0.1, 0.15) is 67.2 Å². The van der Waals surface area contributed by atoms with E-state index in [-0.39, 0.29) is 53.6 Å². The molecule has 2 aliphatic carbocycles. The van der Waals surface area contributed by atoms with E-state index in [1.54, 1.807) is 53.7 Å². The number of β-amino-alcohol motifs (C(OH)–C–C–N with tert-alkyl or cyclic N) is 2. The number of aliphatic carboxylic acids is 1. The minimum atomic E-state index is -1.14. The molecule has 330 valence electrons. The Balaban J connectivity index is 0. The van der Waals surface area contributed by atoms with E-state index in [0.29, 0.717) is 12.8 Å². The molecule has 5 unspecified atom stereocenters. The molecule has 23 heteroatoms. The number of carboxylic acids is 1. The smallest absolute Gasteiger partial charge is 0.411 e. The van der Waals surface area contributed by atoms with Gasteiger partial charge in [-0.2, -0.15) is 9.90 Å². The van der Waals surface area contributed by atoms with Gasteiger partial charge in [-0.25, -0.2) is 19.2 Å². The molecule has 0 aromatic heterocycles. The van der Waals surface area contributed by atoms with E-state index in [9.17, 15) is 39.0 Å². The summed E-state index contributed by atoms with van der Waals surface area (Å²) in [4.78, 5) is 72.7. The van der Waals surface area contributed by atoms with Gasteiger partial charge in [0.05, 0.1) is 39.5 Å². The molecule has 0 spiro atoms. The quantitative estimate of drug-likeness (QED) is 0.107. The molecule has 57 heavy (non-hydrogen) atoms. The van der Waals surface area contributed by atoms with Crippen LogP contribution in [-0.2, 0) is 38.1 Å². The van der Waals surface area contributed by atoms with Crippen LogP contribution in [0.4, 0.5) is 9.59 Å². The topological polar surface area (TPSA) is 245 Å². The van der Waals surface area contributed by atoms with Crippen molar-refractivity contribution in [3.63, 3.8) is 0 Å².